The molecule has 10 aromatic rings. The van der Waals surface area contributed by atoms with E-state index in [1.54, 1.807) is 133 Å². The molecule has 0 aliphatic rings. The predicted molar refractivity (Wildman–Crippen MR) is 525 cm³/mol. The maximum absolute atomic E-state index is 13.7. The van der Waals surface area contributed by atoms with Gasteiger partial charge in [-0.2, -0.15) is 0 Å². The molecule has 0 atom stereocenters. The fourth-order valence-electron chi connectivity index (χ4n) is 10.6. The number of carbonyl (C=O) groups is 9. The maximum Gasteiger partial charge on any atom is 0.330 e. The largest absolute Gasteiger partial charge is 0.496 e. The zero-order valence-corrected chi connectivity index (χ0v) is 83.2. The van der Waals surface area contributed by atoms with Crippen molar-refractivity contribution in [2.75, 3.05) is 48.3 Å². The van der Waals surface area contributed by atoms with Gasteiger partial charge >= 0.3 is 184 Å². The zero-order valence-electron chi connectivity index (χ0n) is 71.2. The fourth-order valence-corrected chi connectivity index (χ4v) is 18.3. The maximum atomic E-state index is 13.7. The van der Waals surface area contributed by atoms with Gasteiger partial charge in [0, 0.05) is 58.7 Å². The van der Waals surface area contributed by atoms with Crippen molar-refractivity contribution in [2.45, 2.75) is 67.9 Å². The molecule has 0 saturated heterocycles. The monoisotopic (exact) mass is 2260 g/mol. The van der Waals surface area contributed by atoms with Crippen molar-refractivity contribution in [1.29, 1.82) is 0 Å². The molecule has 32 heteroatoms. The molecule has 0 heterocycles. The summed E-state index contributed by atoms with van der Waals surface area (Å²) in [5, 5.41) is 2.40. The number of carbonyl (C=O) groups excluding carboxylic acids is 9. The van der Waals surface area contributed by atoms with Crippen LogP contribution in [0.1, 0.15) is 106 Å². The minimum Gasteiger partial charge on any atom is -0.496 e. The first-order valence-corrected chi connectivity index (χ1v) is 46.1. The number of halogens is 14. The molecule has 10 aromatic carbocycles. The van der Waals surface area contributed by atoms with Crippen molar-refractivity contribution < 1.29 is 112 Å². The average molecular weight is 2270 g/mol. The third-order valence-corrected chi connectivity index (χ3v) is 26.8. The van der Waals surface area contributed by atoms with Crippen LogP contribution in [0.2, 0.25) is 0 Å². The van der Waals surface area contributed by atoms with E-state index >= 15 is 0 Å². The summed E-state index contributed by atoms with van der Waals surface area (Å²) in [5.41, 5.74) is 1.85. The van der Waals surface area contributed by atoms with Gasteiger partial charge in [-0.1, -0.05) is 56.0 Å². The molecule has 10 rings (SSSR count). The Hall–Kier alpha value is -10.6. The number of hydrogen-bond acceptors (Lipinski definition) is 17. The Morgan fingerprint density at radius 1 is 0.354 bits per heavy atom. The van der Waals surface area contributed by atoms with Gasteiger partial charge in [0.15, 0.2) is 17.9 Å². The molecule has 0 N–H and O–H groups in total. The van der Waals surface area contributed by atoms with Gasteiger partial charge in [-0.25, -0.2) is 59.5 Å². The van der Waals surface area contributed by atoms with E-state index < -0.39 is 82.9 Å². The van der Waals surface area contributed by atoms with E-state index in [1.165, 1.54) is 120 Å². The number of esters is 6. The van der Waals surface area contributed by atoms with Gasteiger partial charge in [0.05, 0.1) is 90.7 Å². The first-order chi connectivity index (χ1) is 61.4. The molecule has 0 fully saturated rings. The van der Waals surface area contributed by atoms with E-state index in [-0.39, 0.29) is 35.6 Å². The van der Waals surface area contributed by atoms with Crippen LogP contribution in [0.4, 0.5) is 30.7 Å². The summed E-state index contributed by atoms with van der Waals surface area (Å²) in [6.45, 7) is 9.39. The first kappa shape index (κ1) is 115. The summed E-state index contributed by atoms with van der Waals surface area (Å²) in [4.78, 5) is 103. The van der Waals surface area contributed by atoms with Gasteiger partial charge in [-0.15, -0.1) is 0 Å². The van der Waals surface area contributed by atoms with Crippen molar-refractivity contribution in [3.8, 4) is 11.5 Å². The van der Waals surface area contributed by atoms with Crippen LogP contribution < -0.4 is 25.4 Å². The molecule has 690 valence electrons. The van der Waals surface area contributed by atoms with Crippen molar-refractivity contribution >= 4 is 224 Å². The summed E-state index contributed by atoms with van der Waals surface area (Å²) in [6.07, 6.45) is 16.4. The third kappa shape index (κ3) is 36.6. The van der Waals surface area contributed by atoms with Crippen LogP contribution in [-0.2, 0) is 66.8 Å². The summed E-state index contributed by atoms with van der Waals surface area (Å²) >= 11 is 21.3. The van der Waals surface area contributed by atoms with Crippen molar-refractivity contribution in [2.24, 2.45) is 0 Å². The SMILES string of the molecule is C.CC(C)(C)OC(=O)/C=C/c1ccc(Br)c(F)c1.CCC(=O)P(C=O)(c1ccccc1)(c1ccccc1)c1ccccc1.CCOC(=O)/C=C/c1cccc(Br)c1F.CCOC(=O)/C=C/c1cccc(Br)c1F.CCOC(=O)/C=C\c1cccc(Br)c1F.COC(=O)/C=C/c1c(OC)ccc(Br)c1F.COC(=O)/C=C/c1ccc(Br)c(F)c1OC.O=Cc1cccc(Br)c1F. The number of methoxy groups -OCH3 is 4. The normalized spacial score (nSPS) is 11.0. The smallest absolute Gasteiger partial charge is 0.330 e. The van der Waals surface area contributed by atoms with Crippen molar-refractivity contribution in [3.05, 3.63) is 354 Å². The summed E-state index contributed by atoms with van der Waals surface area (Å²) in [7, 11) is 5.31. The molecule has 0 aliphatic heterocycles. The summed E-state index contributed by atoms with van der Waals surface area (Å²) < 4.78 is 134. The van der Waals surface area contributed by atoms with Gasteiger partial charge in [0.1, 0.15) is 46.3 Å². The molecular formula is C98H93Br7F7O17P. The van der Waals surface area contributed by atoms with E-state index in [2.05, 4.69) is 135 Å². The molecule has 130 heavy (non-hydrogen) atoms. The minimum atomic E-state index is -3.88. The first-order valence-electron chi connectivity index (χ1n) is 38.2. The van der Waals surface area contributed by atoms with Gasteiger partial charge in [-0.3, -0.25) is 4.79 Å². The minimum absolute atomic E-state index is 0. The average Bonchev–Trinajstić information content (AvgIpc) is 0.687. The van der Waals surface area contributed by atoms with Gasteiger partial charge in [0.2, 0.25) is 0 Å². The molecule has 0 radical (unpaired) electrons. The quantitative estimate of drug-likeness (QED) is 0.0137. The van der Waals surface area contributed by atoms with Crippen LogP contribution in [0.3, 0.4) is 0 Å². The molecule has 0 saturated carbocycles. The van der Waals surface area contributed by atoms with Crippen LogP contribution in [0.15, 0.2) is 274 Å². The van der Waals surface area contributed by atoms with E-state index in [9.17, 15) is 73.9 Å². The Bertz CT molecular complexity index is 5340. The van der Waals surface area contributed by atoms with Crippen LogP contribution >= 0.6 is 118 Å². The molecule has 0 spiro atoms. The second kappa shape index (κ2) is 60.4. The number of aldehydes is 1. The molecule has 0 unspecified atom stereocenters. The number of rotatable bonds is 24. The van der Waals surface area contributed by atoms with Crippen molar-refractivity contribution in [1.82, 2.24) is 0 Å². The Balaban J connectivity index is 0.000000508. The molecule has 0 bridgehead atoms. The van der Waals surface area contributed by atoms with Gasteiger partial charge in [0.25, 0.3) is 0 Å². The topological polar surface area (TPSA) is 227 Å². The van der Waals surface area contributed by atoms with E-state index in [1.807, 2.05) is 97.9 Å². The molecule has 0 aliphatic carbocycles. The second-order valence-corrected chi connectivity index (χ2v) is 36.8. The van der Waals surface area contributed by atoms with Crippen LogP contribution in [-0.4, -0.2) is 108 Å². The van der Waals surface area contributed by atoms with Crippen LogP contribution in [0.25, 0.3) is 36.5 Å². The molecule has 0 amide bonds. The van der Waals surface area contributed by atoms with E-state index in [0.717, 1.165) is 28.0 Å². The number of ether oxygens (including phenoxy) is 8. The number of hydrogen-bond donors (Lipinski definition) is 0. The van der Waals surface area contributed by atoms with Gasteiger partial charge in [-0.05, 0) is 262 Å². The standard InChI is InChI=1S/C22H21O2P.C13H14BrFO2.2C11H10BrFO3.3C11H10BrFO2.C7H4BrFO.CH4/c1-2-22(24)25(18-23,19-12-6-3-7-13-19,20-14-8-4-9-15-20)21-16-10-5-11-17-21;1-13(2,3)17-12(16)7-5-9-4-6-10(14)11(15)8-9;1-15-9-5-4-8(12)11(13)7(9)3-6-10(14)16-2;1-15-9(14)6-4-7-3-5-8(12)10(13)11(7)16-2;3*1-2-15-10(14)7-6-8-4-3-5-9(12)11(8)13;8-6-3-1-2-5(4-10)7(6)9;/h3-18H,2H2,1H3;4-8H,1-3H3;2*3-6H,1-2H3;3*3-7H,2H2,1H3;1-4H;1H4/b;7-5+;6-3+;6-4+;2*7-6+;7-6-;;. The fraction of sp³-hybridized carbons (Fsp3) is 0.173. The summed E-state index contributed by atoms with van der Waals surface area (Å²) in [5.74, 6) is -5.54. The van der Waals surface area contributed by atoms with Crippen molar-refractivity contribution in [3.63, 3.8) is 0 Å². The van der Waals surface area contributed by atoms with Crippen LogP contribution in [0.5, 0.6) is 11.5 Å². The Morgan fingerprint density at radius 3 is 1.03 bits per heavy atom. The van der Waals surface area contributed by atoms with Crippen LogP contribution in [0, 0.1) is 40.7 Å². The third-order valence-electron chi connectivity index (χ3n) is 16.6. The summed E-state index contributed by atoms with van der Waals surface area (Å²) in [6, 6.07) is 59.7. The predicted octanol–water partition coefficient (Wildman–Crippen LogP) is 25.7. The zero-order chi connectivity index (χ0) is 96.4. The van der Waals surface area contributed by atoms with E-state index in [0.29, 0.717) is 97.4 Å². The Kier molecular flexibility index (Phi) is 53.6. The molecule has 0 aromatic heterocycles. The van der Waals surface area contributed by atoms with E-state index in [4.69, 9.17) is 14.2 Å². The van der Waals surface area contributed by atoms with Gasteiger partial charge < -0.3 is 37.9 Å². The second-order valence-electron chi connectivity index (χ2n) is 26.2. The number of benzene rings is 10. The molecule has 17 nitrogen and oxygen atoms in total. The molecular weight excluding hydrogens is 2170 g/mol. The Morgan fingerprint density at radius 2 is 0.692 bits per heavy atom. The Labute approximate surface area is 810 Å².